The van der Waals surface area contributed by atoms with Crippen molar-refractivity contribution in [2.24, 2.45) is 7.05 Å². The summed E-state index contributed by atoms with van der Waals surface area (Å²) >= 11 is 0. The van der Waals surface area contributed by atoms with E-state index in [1.165, 1.54) is 23.9 Å². The number of aromatic nitrogens is 5. The Morgan fingerprint density at radius 2 is 1.74 bits per heavy atom. The first kappa shape index (κ1) is 22.9. The van der Waals surface area contributed by atoms with Gasteiger partial charge in [-0.15, -0.1) is 0 Å². The number of carbonyl (C=O) groups excluding carboxylic acids is 1. The fraction of sp³-hybridized carbons (Fsp3) is 0.150. The third-order valence-electron chi connectivity index (χ3n) is 4.70. The van der Waals surface area contributed by atoms with E-state index >= 15 is 0 Å². The number of hydrogen-bond acceptors (Lipinski definition) is 6. The largest absolute Gasteiger partial charge is 0.418 e. The van der Waals surface area contributed by atoms with Crippen LogP contribution in [0.3, 0.4) is 0 Å². The zero-order chi connectivity index (χ0) is 24.7. The van der Waals surface area contributed by atoms with Gasteiger partial charge in [0.15, 0.2) is 0 Å². The summed E-state index contributed by atoms with van der Waals surface area (Å²) in [6.07, 6.45) is -5.06. The van der Waals surface area contributed by atoms with Crippen molar-refractivity contribution < 1.29 is 31.1 Å². The van der Waals surface area contributed by atoms with Gasteiger partial charge >= 0.3 is 12.4 Å². The van der Waals surface area contributed by atoms with Gasteiger partial charge in [0, 0.05) is 19.4 Å². The van der Waals surface area contributed by atoms with Crippen LogP contribution >= 0.6 is 0 Å². The molecule has 34 heavy (non-hydrogen) atoms. The highest BCUT2D eigenvalue weighted by atomic mass is 19.4. The Bertz CT molecular complexity index is 1380. The fourth-order valence-electron chi connectivity index (χ4n) is 3.04. The lowest BCUT2D eigenvalue weighted by atomic mass is 10.2. The van der Waals surface area contributed by atoms with Crippen molar-refractivity contribution >= 4 is 34.4 Å². The first-order valence-electron chi connectivity index (χ1n) is 9.39. The number of nitrogens with one attached hydrogen (secondary N) is 2. The topological polar surface area (TPSA) is 97.6 Å². The van der Waals surface area contributed by atoms with Crippen LogP contribution in [0.4, 0.5) is 43.8 Å². The van der Waals surface area contributed by atoms with Gasteiger partial charge in [0.1, 0.15) is 11.5 Å². The fourth-order valence-corrected chi connectivity index (χ4v) is 3.04. The number of halogens is 6. The van der Waals surface area contributed by atoms with Crippen LogP contribution in [0.1, 0.15) is 21.6 Å². The van der Waals surface area contributed by atoms with Crippen molar-refractivity contribution in [2.45, 2.75) is 12.4 Å². The number of hydrogen-bond donors (Lipinski definition) is 2. The predicted octanol–water partition coefficient (Wildman–Crippen LogP) is 4.79. The van der Waals surface area contributed by atoms with Crippen molar-refractivity contribution in [2.75, 3.05) is 10.6 Å². The van der Waals surface area contributed by atoms with Gasteiger partial charge in [0.05, 0.1) is 40.2 Å². The SMILES string of the molecule is Cn1c(Nc2cnccc2C(F)(F)F)nc2cc(C(=O)Nc3cc(C(F)(F)F)ccn3)ncc21. The second-order valence-electron chi connectivity index (χ2n) is 6.98. The maximum Gasteiger partial charge on any atom is 0.418 e. The Morgan fingerprint density at radius 1 is 0.971 bits per heavy atom. The Balaban J connectivity index is 1.61. The van der Waals surface area contributed by atoms with Gasteiger partial charge < -0.3 is 15.2 Å². The molecule has 0 unspecified atom stereocenters. The van der Waals surface area contributed by atoms with E-state index in [-0.39, 0.29) is 28.7 Å². The van der Waals surface area contributed by atoms with Crippen LogP contribution in [0.15, 0.2) is 49.1 Å². The molecule has 0 aliphatic heterocycles. The van der Waals surface area contributed by atoms with E-state index in [1.54, 1.807) is 0 Å². The molecule has 0 saturated carbocycles. The number of nitrogens with zero attached hydrogens (tertiary/aromatic N) is 5. The summed E-state index contributed by atoms with van der Waals surface area (Å²) in [5.74, 6) is -1.16. The molecule has 0 aliphatic carbocycles. The number of pyridine rings is 3. The standard InChI is InChI=1S/C20H13F6N7O/c1-33-15-9-29-13(17(34)32-16-6-10(2-5-28-16)19(21,22)23)7-12(15)30-18(33)31-14-8-27-4-3-11(14)20(24,25)26/h2-9H,1H3,(H,30,31)(H,28,32,34). The first-order chi connectivity index (χ1) is 15.9. The van der Waals surface area contributed by atoms with Gasteiger partial charge in [-0.05, 0) is 24.3 Å². The summed E-state index contributed by atoms with van der Waals surface area (Å²) in [5.41, 5.74) is -1.85. The molecule has 2 N–H and O–H groups in total. The summed E-state index contributed by atoms with van der Waals surface area (Å²) in [4.78, 5) is 28.0. The van der Waals surface area contributed by atoms with Crippen molar-refractivity contribution in [1.82, 2.24) is 24.5 Å². The van der Waals surface area contributed by atoms with Crippen LogP contribution in [-0.4, -0.2) is 30.4 Å². The van der Waals surface area contributed by atoms with Gasteiger partial charge in [-0.2, -0.15) is 26.3 Å². The Hall–Kier alpha value is -4.23. The highest BCUT2D eigenvalue weighted by Gasteiger charge is 2.34. The van der Waals surface area contributed by atoms with Crippen LogP contribution < -0.4 is 10.6 Å². The second kappa shape index (κ2) is 8.28. The van der Waals surface area contributed by atoms with E-state index in [4.69, 9.17) is 0 Å². The molecule has 4 heterocycles. The molecule has 176 valence electrons. The number of alkyl halides is 6. The number of carbonyl (C=O) groups is 1. The van der Waals surface area contributed by atoms with Gasteiger partial charge in [0.2, 0.25) is 5.95 Å². The maximum atomic E-state index is 13.3. The monoisotopic (exact) mass is 481 g/mol. The van der Waals surface area contributed by atoms with Crippen LogP contribution in [0.25, 0.3) is 11.0 Å². The lowest BCUT2D eigenvalue weighted by Crippen LogP contribution is -2.15. The van der Waals surface area contributed by atoms with E-state index in [2.05, 4.69) is 30.6 Å². The number of imidazole rings is 1. The molecule has 0 radical (unpaired) electrons. The lowest BCUT2D eigenvalue weighted by Gasteiger charge is -2.13. The third kappa shape index (κ3) is 4.60. The van der Waals surface area contributed by atoms with E-state index in [0.29, 0.717) is 11.6 Å². The summed E-state index contributed by atoms with van der Waals surface area (Å²) in [7, 11) is 1.52. The minimum absolute atomic E-state index is 0.0207. The molecule has 0 aromatic carbocycles. The quantitative estimate of drug-likeness (QED) is 0.407. The van der Waals surface area contributed by atoms with E-state index < -0.39 is 29.4 Å². The van der Waals surface area contributed by atoms with Crippen LogP contribution in [0, 0.1) is 0 Å². The first-order valence-corrected chi connectivity index (χ1v) is 9.39. The normalized spacial score (nSPS) is 12.1. The number of rotatable bonds is 4. The molecule has 0 fully saturated rings. The zero-order valence-electron chi connectivity index (χ0n) is 17.0. The van der Waals surface area contributed by atoms with Gasteiger partial charge in [-0.3, -0.25) is 9.78 Å². The second-order valence-corrected chi connectivity index (χ2v) is 6.98. The zero-order valence-corrected chi connectivity index (χ0v) is 17.0. The molecule has 1 amide bonds. The molecular formula is C20H13F6N7O. The predicted molar refractivity (Wildman–Crippen MR) is 108 cm³/mol. The smallest absolute Gasteiger partial charge is 0.324 e. The average molecular weight is 481 g/mol. The lowest BCUT2D eigenvalue weighted by molar-refractivity contribution is -0.138. The van der Waals surface area contributed by atoms with Crippen LogP contribution in [0.5, 0.6) is 0 Å². The summed E-state index contributed by atoms with van der Waals surface area (Å²) in [6, 6.07) is 3.49. The van der Waals surface area contributed by atoms with E-state index in [0.717, 1.165) is 30.7 Å². The van der Waals surface area contributed by atoms with Gasteiger partial charge in [-0.1, -0.05) is 0 Å². The van der Waals surface area contributed by atoms with Crippen LogP contribution in [0.2, 0.25) is 0 Å². The molecule has 0 bridgehead atoms. The molecular weight excluding hydrogens is 468 g/mol. The molecule has 4 aromatic heterocycles. The molecule has 0 aliphatic rings. The molecule has 8 nitrogen and oxygen atoms in total. The minimum atomic E-state index is -4.62. The molecule has 4 aromatic rings. The van der Waals surface area contributed by atoms with Crippen molar-refractivity contribution in [1.29, 1.82) is 0 Å². The average Bonchev–Trinajstić information content (AvgIpc) is 3.07. The van der Waals surface area contributed by atoms with Crippen molar-refractivity contribution in [3.05, 3.63) is 65.9 Å². The Morgan fingerprint density at radius 3 is 2.44 bits per heavy atom. The van der Waals surface area contributed by atoms with E-state index in [1.807, 2.05) is 0 Å². The Labute approximate surface area is 186 Å². The highest BCUT2D eigenvalue weighted by molar-refractivity contribution is 6.04. The third-order valence-corrected chi connectivity index (χ3v) is 4.70. The number of aryl methyl sites for hydroxylation is 1. The summed E-state index contributed by atoms with van der Waals surface area (Å²) in [6.45, 7) is 0. The molecule has 0 atom stereocenters. The van der Waals surface area contributed by atoms with Crippen LogP contribution in [-0.2, 0) is 19.4 Å². The number of anilines is 3. The van der Waals surface area contributed by atoms with Crippen molar-refractivity contribution in [3.8, 4) is 0 Å². The highest BCUT2D eigenvalue weighted by Crippen LogP contribution is 2.35. The molecule has 0 saturated heterocycles. The summed E-state index contributed by atoms with van der Waals surface area (Å²) in [5, 5.41) is 4.79. The minimum Gasteiger partial charge on any atom is -0.324 e. The number of fused-ring (bicyclic) bond motifs is 1. The summed E-state index contributed by atoms with van der Waals surface area (Å²) < 4.78 is 79.7. The molecule has 4 rings (SSSR count). The van der Waals surface area contributed by atoms with Gasteiger partial charge in [0.25, 0.3) is 5.91 Å². The Kier molecular flexibility index (Phi) is 5.59. The molecule has 0 spiro atoms. The molecule has 14 heteroatoms. The van der Waals surface area contributed by atoms with Gasteiger partial charge in [-0.25, -0.2) is 15.0 Å². The van der Waals surface area contributed by atoms with Crippen molar-refractivity contribution in [3.63, 3.8) is 0 Å². The number of amides is 1. The maximum absolute atomic E-state index is 13.3. The van der Waals surface area contributed by atoms with E-state index in [9.17, 15) is 31.1 Å².